The number of hydrogen-bond acceptors (Lipinski definition) is 6. The highest BCUT2D eigenvalue weighted by atomic mass is 16.5. The molecule has 0 aromatic rings. The molecule has 7 heteroatoms. The van der Waals surface area contributed by atoms with Gasteiger partial charge in [-0.3, -0.25) is 9.59 Å². The van der Waals surface area contributed by atoms with E-state index in [4.69, 9.17) is 9.47 Å². The zero-order valence-corrected chi connectivity index (χ0v) is 24.6. The lowest BCUT2D eigenvalue weighted by atomic mass is 9.76. The number of carbonyl (C=O) groups excluding carboxylic acids is 2. The molecule has 4 N–H and O–H groups in total. The van der Waals surface area contributed by atoms with Crippen molar-refractivity contribution in [1.29, 1.82) is 0 Å². The lowest BCUT2D eigenvalue weighted by Crippen LogP contribution is -2.59. The van der Waals surface area contributed by atoms with E-state index in [1.165, 1.54) is 0 Å². The average molecular weight is 513 g/mol. The molecule has 2 rings (SSSR count). The van der Waals surface area contributed by atoms with Crippen LogP contribution in [0.5, 0.6) is 0 Å². The molecular formula is C29H56N2O5. The van der Waals surface area contributed by atoms with Crippen LogP contribution in [0.1, 0.15) is 127 Å². The number of rotatable bonds is 11. The number of hydrogen-bond donors (Lipinski definition) is 2. The van der Waals surface area contributed by atoms with Gasteiger partial charge in [0.15, 0.2) is 0 Å². The molecule has 2 saturated heterocycles. The van der Waals surface area contributed by atoms with E-state index >= 15 is 0 Å². The fraction of sp³-hybridized carbons (Fsp3) is 0.931. The maximum absolute atomic E-state index is 12.7. The van der Waals surface area contributed by atoms with Gasteiger partial charge in [-0.2, -0.15) is 0 Å². The summed E-state index contributed by atoms with van der Waals surface area (Å²) in [6.07, 6.45) is 9.40. The molecule has 2 fully saturated rings. The van der Waals surface area contributed by atoms with Crippen LogP contribution in [-0.4, -0.2) is 52.3 Å². The third-order valence-electron chi connectivity index (χ3n) is 7.36. The van der Waals surface area contributed by atoms with Gasteiger partial charge in [0.05, 0.1) is 24.5 Å². The molecule has 7 nitrogen and oxygen atoms in total. The first-order valence-corrected chi connectivity index (χ1v) is 14.0. The van der Waals surface area contributed by atoms with Crippen LogP contribution in [0.2, 0.25) is 0 Å². The summed E-state index contributed by atoms with van der Waals surface area (Å²) in [4.78, 5) is 25.3. The predicted octanol–water partition coefficient (Wildman–Crippen LogP) is 5.09. The highest BCUT2D eigenvalue weighted by molar-refractivity contribution is 5.73. The van der Waals surface area contributed by atoms with E-state index in [1.807, 2.05) is 6.92 Å². The molecule has 1 atom stereocenters. The van der Waals surface area contributed by atoms with Gasteiger partial charge in [0.2, 0.25) is 0 Å². The standard InChI is InChI=1S/C29H54N2O4.H2O/c1-21(35-25(33)23-19-28(6,7)31-29(8,9)20-23)15-13-11-10-12-14-16-34-24(32)22-17-26(2,3)30-27(4,5)18-22;/h21-23,30-31H,10-20H2,1-9H3;1H2. The number of ether oxygens (including phenoxy) is 2. The van der Waals surface area contributed by atoms with Crippen LogP contribution in [0.15, 0.2) is 0 Å². The molecule has 0 amide bonds. The van der Waals surface area contributed by atoms with Crippen LogP contribution in [0.4, 0.5) is 0 Å². The Labute approximate surface area is 220 Å². The molecule has 0 spiro atoms. The Kier molecular flexibility index (Phi) is 11.9. The largest absolute Gasteiger partial charge is 0.465 e. The second-order valence-electron chi connectivity index (χ2n) is 14.0. The first-order valence-electron chi connectivity index (χ1n) is 14.0. The van der Waals surface area contributed by atoms with Crippen molar-refractivity contribution in [3.63, 3.8) is 0 Å². The zero-order chi connectivity index (χ0) is 26.5. The van der Waals surface area contributed by atoms with Gasteiger partial charge in [-0.25, -0.2) is 0 Å². The van der Waals surface area contributed by atoms with E-state index in [9.17, 15) is 9.59 Å². The van der Waals surface area contributed by atoms with E-state index in [-0.39, 0.29) is 57.5 Å². The molecule has 0 bridgehead atoms. The third-order valence-corrected chi connectivity index (χ3v) is 7.36. The summed E-state index contributed by atoms with van der Waals surface area (Å²) in [7, 11) is 0. The fourth-order valence-electron chi connectivity index (χ4n) is 6.69. The first-order chi connectivity index (χ1) is 16.0. The summed E-state index contributed by atoms with van der Waals surface area (Å²) in [5, 5.41) is 7.24. The van der Waals surface area contributed by atoms with Gasteiger partial charge in [0.25, 0.3) is 0 Å². The molecule has 0 aromatic carbocycles. The number of nitrogens with one attached hydrogen (secondary N) is 2. The molecule has 2 aliphatic heterocycles. The number of carbonyl (C=O) groups is 2. The van der Waals surface area contributed by atoms with E-state index in [0.717, 1.165) is 64.2 Å². The van der Waals surface area contributed by atoms with E-state index in [1.54, 1.807) is 0 Å². The summed E-state index contributed by atoms with van der Waals surface area (Å²) < 4.78 is 11.4. The summed E-state index contributed by atoms with van der Waals surface area (Å²) in [6.45, 7) is 19.8. The van der Waals surface area contributed by atoms with Crippen LogP contribution in [0.25, 0.3) is 0 Å². The Morgan fingerprint density at radius 3 is 1.56 bits per heavy atom. The van der Waals surface area contributed by atoms with Crippen LogP contribution in [0.3, 0.4) is 0 Å². The summed E-state index contributed by atoms with van der Waals surface area (Å²) in [6, 6.07) is 0. The van der Waals surface area contributed by atoms with E-state index in [0.29, 0.717) is 6.61 Å². The van der Waals surface area contributed by atoms with Crippen molar-refractivity contribution in [3.05, 3.63) is 0 Å². The monoisotopic (exact) mass is 512 g/mol. The second-order valence-corrected chi connectivity index (χ2v) is 14.0. The van der Waals surface area contributed by atoms with Crippen molar-refractivity contribution in [1.82, 2.24) is 10.6 Å². The van der Waals surface area contributed by atoms with Gasteiger partial charge >= 0.3 is 11.9 Å². The third kappa shape index (κ3) is 11.5. The number of esters is 2. The van der Waals surface area contributed by atoms with Crippen molar-refractivity contribution in [2.24, 2.45) is 11.8 Å². The maximum atomic E-state index is 12.7. The minimum atomic E-state index is -0.0518. The van der Waals surface area contributed by atoms with Crippen LogP contribution in [-0.2, 0) is 19.1 Å². The smallest absolute Gasteiger partial charge is 0.309 e. The maximum Gasteiger partial charge on any atom is 0.309 e. The van der Waals surface area contributed by atoms with Crippen LogP contribution in [0, 0.1) is 11.8 Å². The quantitative estimate of drug-likeness (QED) is 0.295. The average Bonchev–Trinajstić information content (AvgIpc) is 2.64. The van der Waals surface area contributed by atoms with Crippen molar-refractivity contribution < 1.29 is 24.5 Å². The minimum Gasteiger partial charge on any atom is -0.465 e. The topological polar surface area (TPSA) is 108 Å². The Bertz CT molecular complexity index is 684. The molecular weight excluding hydrogens is 456 g/mol. The number of piperidine rings is 2. The molecule has 212 valence electrons. The van der Waals surface area contributed by atoms with Crippen LogP contribution >= 0.6 is 0 Å². The molecule has 2 heterocycles. The molecule has 0 aromatic heterocycles. The Balaban J connectivity index is 0.00000648. The van der Waals surface area contributed by atoms with Gasteiger partial charge in [-0.1, -0.05) is 19.3 Å². The SMILES string of the molecule is CC(CCCCCCCOC(=O)C1CC(C)(C)NC(C)(C)C1)OC(=O)C1CC(C)(C)NC(C)(C)C1.O. The van der Waals surface area contributed by atoms with Crippen molar-refractivity contribution in [2.45, 2.75) is 155 Å². The van der Waals surface area contributed by atoms with Gasteiger partial charge in [0, 0.05) is 22.2 Å². The highest BCUT2D eigenvalue weighted by Gasteiger charge is 2.42. The molecule has 1 unspecified atom stereocenters. The van der Waals surface area contributed by atoms with Crippen molar-refractivity contribution >= 4 is 11.9 Å². The Morgan fingerprint density at radius 2 is 1.08 bits per heavy atom. The van der Waals surface area contributed by atoms with E-state index in [2.05, 4.69) is 66.0 Å². The van der Waals surface area contributed by atoms with E-state index < -0.39 is 0 Å². The lowest BCUT2D eigenvalue weighted by molar-refractivity contribution is -0.157. The molecule has 0 radical (unpaired) electrons. The van der Waals surface area contributed by atoms with Crippen molar-refractivity contribution in [2.75, 3.05) is 6.61 Å². The van der Waals surface area contributed by atoms with Gasteiger partial charge in [-0.15, -0.1) is 0 Å². The fourth-order valence-corrected chi connectivity index (χ4v) is 6.69. The van der Waals surface area contributed by atoms with Gasteiger partial charge in [0.1, 0.15) is 0 Å². The molecule has 0 saturated carbocycles. The van der Waals surface area contributed by atoms with Crippen LogP contribution < -0.4 is 10.6 Å². The minimum absolute atomic E-state index is 0. The Hall–Kier alpha value is -1.18. The van der Waals surface area contributed by atoms with Gasteiger partial charge < -0.3 is 25.6 Å². The first kappa shape index (κ1) is 32.8. The molecule has 36 heavy (non-hydrogen) atoms. The normalized spacial score (nSPS) is 23.8. The summed E-state index contributed by atoms with van der Waals surface area (Å²) in [5.41, 5.74) is -0.192. The molecule has 2 aliphatic rings. The summed E-state index contributed by atoms with van der Waals surface area (Å²) >= 11 is 0. The van der Waals surface area contributed by atoms with Gasteiger partial charge in [-0.05, 0) is 107 Å². The zero-order valence-electron chi connectivity index (χ0n) is 24.6. The van der Waals surface area contributed by atoms with Crippen molar-refractivity contribution in [3.8, 4) is 0 Å². The summed E-state index contributed by atoms with van der Waals surface area (Å²) in [5.74, 6) is -0.132. The predicted molar refractivity (Wildman–Crippen MR) is 146 cm³/mol. The molecule has 0 aliphatic carbocycles. The lowest BCUT2D eigenvalue weighted by Gasteiger charge is -2.45. The number of unbranched alkanes of at least 4 members (excludes halogenated alkanes) is 4. The highest BCUT2D eigenvalue weighted by Crippen LogP contribution is 2.34. The Morgan fingerprint density at radius 1 is 0.694 bits per heavy atom. The second kappa shape index (κ2) is 13.1.